The van der Waals surface area contributed by atoms with Crippen LogP contribution in [0.3, 0.4) is 0 Å². The van der Waals surface area contributed by atoms with Gasteiger partial charge in [-0.15, -0.1) is 0 Å². The van der Waals surface area contributed by atoms with Crippen LogP contribution in [-0.4, -0.2) is 34.5 Å². The smallest absolute Gasteiger partial charge is 0.270 e. The highest BCUT2D eigenvalue weighted by molar-refractivity contribution is 5.94. The van der Waals surface area contributed by atoms with Crippen molar-refractivity contribution in [2.24, 2.45) is 0 Å². The van der Waals surface area contributed by atoms with Crippen LogP contribution in [0, 0.1) is 6.92 Å². The molecule has 0 atom stereocenters. The topological polar surface area (TPSA) is 55.6 Å². The fourth-order valence-corrected chi connectivity index (χ4v) is 2.36. The Hall–Kier alpha value is -1.88. The molecule has 0 saturated heterocycles. The molecule has 2 rings (SSSR count). The molecule has 5 nitrogen and oxygen atoms in total. The second kappa shape index (κ2) is 7.40. The SMILES string of the molecule is CCc1nc2ccc(C)cn2c1C(=O)NCCCOC(C)C. The van der Waals surface area contributed by atoms with Crippen LogP contribution in [0.5, 0.6) is 0 Å². The van der Waals surface area contributed by atoms with E-state index in [4.69, 9.17) is 4.74 Å². The average Bonchev–Trinajstić information content (AvgIpc) is 2.84. The maximum atomic E-state index is 12.5. The number of pyridine rings is 1. The average molecular weight is 303 g/mol. The second-order valence-corrected chi connectivity index (χ2v) is 5.72. The lowest BCUT2D eigenvalue weighted by molar-refractivity contribution is 0.0756. The van der Waals surface area contributed by atoms with Crippen molar-refractivity contribution in [2.75, 3.05) is 13.2 Å². The molecule has 0 bridgehead atoms. The van der Waals surface area contributed by atoms with Gasteiger partial charge in [0.2, 0.25) is 0 Å². The molecule has 2 aromatic heterocycles. The van der Waals surface area contributed by atoms with Crippen molar-refractivity contribution in [3.63, 3.8) is 0 Å². The highest BCUT2D eigenvalue weighted by atomic mass is 16.5. The number of aromatic nitrogens is 2. The van der Waals surface area contributed by atoms with Crippen molar-refractivity contribution >= 4 is 11.6 Å². The summed E-state index contributed by atoms with van der Waals surface area (Å²) in [5.74, 6) is -0.0699. The third-order valence-electron chi connectivity index (χ3n) is 3.45. The van der Waals surface area contributed by atoms with Gasteiger partial charge in [-0.2, -0.15) is 0 Å². The minimum atomic E-state index is -0.0699. The molecule has 2 heterocycles. The monoisotopic (exact) mass is 303 g/mol. The molecular formula is C17H25N3O2. The summed E-state index contributed by atoms with van der Waals surface area (Å²) in [5.41, 5.74) is 3.40. The van der Waals surface area contributed by atoms with Gasteiger partial charge in [0.25, 0.3) is 5.91 Å². The molecule has 120 valence electrons. The Labute approximate surface area is 131 Å². The van der Waals surface area contributed by atoms with Gasteiger partial charge in [0.1, 0.15) is 11.3 Å². The van der Waals surface area contributed by atoms with Crippen LogP contribution in [0.2, 0.25) is 0 Å². The van der Waals surface area contributed by atoms with E-state index < -0.39 is 0 Å². The van der Waals surface area contributed by atoms with Crippen molar-refractivity contribution in [3.8, 4) is 0 Å². The van der Waals surface area contributed by atoms with E-state index in [0.29, 0.717) is 18.8 Å². The molecule has 22 heavy (non-hydrogen) atoms. The number of carbonyl (C=O) groups is 1. The standard InChI is InChI=1S/C17H25N3O2/c1-5-14-16(17(21)18-9-6-10-22-12(2)3)20-11-13(4)7-8-15(20)19-14/h7-8,11-12H,5-6,9-10H2,1-4H3,(H,18,21). The summed E-state index contributed by atoms with van der Waals surface area (Å²) in [5, 5.41) is 2.97. The number of amides is 1. The van der Waals surface area contributed by atoms with Crippen molar-refractivity contribution in [1.29, 1.82) is 0 Å². The highest BCUT2D eigenvalue weighted by Gasteiger charge is 2.17. The molecular weight excluding hydrogens is 278 g/mol. The molecule has 0 aliphatic rings. The molecule has 0 fully saturated rings. The second-order valence-electron chi connectivity index (χ2n) is 5.72. The van der Waals surface area contributed by atoms with Crippen LogP contribution in [0.1, 0.15) is 48.9 Å². The number of aryl methyl sites for hydroxylation is 2. The van der Waals surface area contributed by atoms with Crippen LogP contribution >= 0.6 is 0 Å². The van der Waals surface area contributed by atoms with E-state index in [0.717, 1.165) is 29.7 Å². The highest BCUT2D eigenvalue weighted by Crippen LogP contribution is 2.14. The van der Waals surface area contributed by atoms with E-state index in [1.807, 2.05) is 50.4 Å². The number of nitrogens with one attached hydrogen (secondary N) is 1. The Morgan fingerprint density at radius 3 is 2.86 bits per heavy atom. The summed E-state index contributed by atoms with van der Waals surface area (Å²) < 4.78 is 7.36. The van der Waals surface area contributed by atoms with E-state index >= 15 is 0 Å². The summed E-state index contributed by atoms with van der Waals surface area (Å²) in [6, 6.07) is 3.95. The molecule has 0 spiro atoms. The van der Waals surface area contributed by atoms with Gasteiger partial charge in [0.15, 0.2) is 0 Å². The fourth-order valence-electron chi connectivity index (χ4n) is 2.36. The van der Waals surface area contributed by atoms with Crippen LogP contribution < -0.4 is 5.32 Å². The van der Waals surface area contributed by atoms with Gasteiger partial charge >= 0.3 is 0 Å². The molecule has 0 unspecified atom stereocenters. The number of rotatable bonds is 7. The van der Waals surface area contributed by atoms with Crippen LogP contribution in [-0.2, 0) is 11.2 Å². The van der Waals surface area contributed by atoms with Crippen molar-refractivity contribution < 1.29 is 9.53 Å². The Bertz CT molecular complexity index is 647. The lowest BCUT2D eigenvalue weighted by Gasteiger charge is -2.09. The number of hydrogen-bond acceptors (Lipinski definition) is 3. The predicted molar refractivity (Wildman–Crippen MR) is 87.3 cm³/mol. The molecule has 0 saturated carbocycles. The van der Waals surface area contributed by atoms with E-state index in [2.05, 4.69) is 10.3 Å². The maximum absolute atomic E-state index is 12.5. The fraction of sp³-hybridized carbons (Fsp3) is 0.529. The summed E-state index contributed by atoms with van der Waals surface area (Å²) in [6.45, 7) is 9.30. The van der Waals surface area contributed by atoms with Crippen molar-refractivity contribution in [2.45, 2.75) is 46.6 Å². The van der Waals surface area contributed by atoms with Gasteiger partial charge < -0.3 is 10.1 Å². The van der Waals surface area contributed by atoms with Crippen molar-refractivity contribution in [1.82, 2.24) is 14.7 Å². The first kappa shape index (κ1) is 16.5. The number of imidazole rings is 1. The Morgan fingerprint density at radius 2 is 2.18 bits per heavy atom. The molecule has 1 amide bonds. The van der Waals surface area contributed by atoms with Crippen molar-refractivity contribution in [3.05, 3.63) is 35.3 Å². The normalized spacial score (nSPS) is 11.3. The molecule has 0 radical (unpaired) electrons. The van der Waals surface area contributed by atoms with E-state index in [1.165, 1.54) is 0 Å². The van der Waals surface area contributed by atoms with Crippen LogP contribution in [0.15, 0.2) is 18.3 Å². The van der Waals surface area contributed by atoms with Gasteiger partial charge in [-0.25, -0.2) is 4.98 Å². The third-order valence-corrected chi connectivity index (χ3v) is 3.45. The van der Waals surface area contributed by atoms with Gasteiger partial charge in [-0.1, -0.05) is 13.0 Å². The van der Waals surface area contributed by atoms with Gasteiger partial charge in [0.05, 0.1) is 11.8 Å². The molecule has 0 aliphatic carbocycles. The minimum Gasteiger partial charge on any atom is -0.379 e. The van der Waals surface area contributed by atoms with E-state index in [1.54, 1.807) is 0 Å². The number of carbonyl (C=O) groups excluding carboxylic acids is 1. The summed E-state index contributed by atoms with van der Waals surface area (Å²) in [4.78, 5) is 17.0. The summed E-state index contributed by atoms with van der Waals surface area (Å²) >= 11 is 0. The maximum Gasteiger partial charge on any atom is 0.270 e. The van der Waals surface area contributed by atoms with Crippen LogP contribution in [0.4, 0.5) is 0 Å². The lowest BCUT2D eigenvalue weighted by Crippen LogP contribution is -2.27. The van der Waals surface area contributed by atoms with E-state index in [9.17, 15) is 4.79 Å². The quantitative estimate of drug-likeness (QED) is 0.800. The number of ether oxygens (including phenoxy) is 1. The van der Waals surface area contributed by atoms with Gasteiger partial charge in [0, 0.05) is 19.3 Å². The molecule has 0 aliphatic heterocycles. The van der Waals surface area contributed by atoms with Crippen LogP contribution in [0.25, 0.3) is 5.65 Å². The predicted octanol–water partition coefficient (Wildman–Crippen LogP) is 2.75. The van der Waals surface area contributed by atoms with E-state index in [-0.39, 0.29) is 12.0 Å². The Kier molecular flexibility index (Phi) is 5.55. The first-order chi connectivity index (χ1) is 10.5. The molecule has 0 aromatic carbocycles. The number of fused-ring (bicyclic) bond motifs is 1. The molecule has 5 heteroatoms. The zero-order valence-electron chi connectivity index (χ0n) is 13.8. The zero-order chi connectivity index (χ0) is 16.1. The summed E-state index contributed by atoms with van der Waals surface area (Å²) in [6.07, 6.45) is 3.73. The van der Waals surface area contributed by atoms with Gasteiger partial charge in [-0.3, -0.25) is 9.20 Å². The minimum absolute atomic E-state index is 0.0699. The first-order valence-corrected chi connectivity index (χ1v) is 7.90. The summed E-state index contributed by atoms with van der Waals surface area (Å²) in [7, 11) is 0. The molecule has 1 N–H and O–H groups in total. The first-order valence-electron chi connectivity index (χ1n) is 7.90. The lowest BCUT2D eigenvalue weighted by atomic mass is 10.2. The zero-order valence-corrected chi connectivity index (χ0v) is 13.8. The number of hydrogen-bond donors (Lipinski definition) is 1. The largest absolute Gasteiger partial charge is 0.379 e. The Morgan fingerprint density at radius 1 is 1.41 bits per heavy atom. The third kappa shape index (κ3) is 3.85. The Balaban J connectivity index is 2.08. The van der Waals surface area contributed by atoms with Gasteiger partial charge in [-0.05, 0) is 45.2 Å². The molecule has 2 aromatic rings. The number of nitrogens with zero attached hydrogens (tertiary/aromatic N) is 2.